The van der Waals surface area contributed by atoms with Crippen LogP contribution in [-0.4, -0.2) is 27.6 Å². The van der Waals surface area contributed by atoms with Gasteiger partial charge in [0, 0.05) is 5.56 Å². The molecule has 0 aliphatic heterocycles. The smallest absolute Gasteiger partial charge is 0.305 e. The van der Waals surface area contributed by atoms with E-state index < -0.39 is 11.5 Å². The number of carboxylic acid groups (broad SMARTS) is 1. The first-order valence-electron chi connectivity index (χ1n) is 5.84. The van der Waals surface area contributed by atoms with Crippen LogP contribution < -0.4 is 5.32 Å². The van der Waals surface area contributed by atoms with Crippen LogP contribution >= 0.6 is 0 Å². The average molecular weight is 249 g/mol. The van der Waals surface area contributed by atoms with Gasteiger partial charge in [-0.3, -0.25) is 9.59 Å². The third-order valence-corrected chi connectivity index (χ3v) is 3.29. The maximum Gasteiger partial charge on any atom is 0.305 e. The Hall–Kier alpha value is -2.04. The van der Waals surface area contributed by atoms with Crippen LogP contribution in [0, 0.1) is 0 Å². The van der Waals surface area contributed by atoms with Gasteiger partial charge in [0.2, 0.25) is 0 Å². The number of benzene rings is 1. The van der Waals surface area contributed by atoms with Crippen LogP contribution in [0.5, 0.6) is 5.75 Å². The Bertz CT molecular complexity index is 480. The van der Waals surface area contributed by atoms with Crippen molar-refractivity contribution >= 4 is 11.9 Å². The van der Waals surface area contributed by atoms with Crippen molar-refractivity contribution in [2.75, 3.05) is 0 Å². The van der Waals surface area contributed by atoms with E-state index in [1.165, 1.54) is 12.1 Å². The average Bonchev–Trinajstić information content (AvgIpc) is 2.25. The van der Waals surface area contributed by atoms with Gasteiger partial charge in [0.25, 0.3) is 5.91 Å². The molecule has 96 valence electrons. The van der Waals surface area contributed by atoms with Crippen molar-refractivity contribution in [1.29, 1.82) is 0 Å². The molecule has 1 aromatic carbocycles. The predicted octanol–water partition coefficient (Wildman–Crippen LogP) is 1.52. The van der Waals surface area contributed by atoms with Gasteiger partial charge in [0.15, 0.2) is 0 Å². The highest BCUT2D eigenvalue weighted by Gasteiger charge is 2.40. The van der Waals surface area contributed by atoms with Crippen molar-refractivity contribution in [1.82, 2.24) is 5.32 Å². The first-order chi connectivity index (χ1) is 8.51. The number of amides is 1. The molecule has 0 saturated heterocycles. The van der Waals surface area contributed by atoms with Crippen LogP contribution in [0.4, 0.5) is 0 Å². The minimum atomic E-state index is -0.911. The fourth-order valence-electron chi connectivity index (χ4n) is 2.20. The number of aliphatic carboxylic acids is 1. The number of carbonyl (C=O) groups is 2. The highest BCUT2D eigenvalue weighted by atomic mass is 16.4. The molecule has 18 heavy (non-hydrogen) atoms. The molecule has 0 atom stereocenters. The Kier molecular flexibility index (Phi) is 3.23. The van der Waals surface area contributed by atoms with E-state index in [2.05, 4.69) is 5.32 Å². The number of phenols is 1. The summed E-state index contributed by atoms with van der Waals surface area (Å²) in [6.07, 6.45) is 2.23. The van der Waals surface area contributed by atoms with Crippen LogP contribution in [0.1, 0.15) is 36.0 Å². The summed E-state index contributed by atoms with van der Waals surface area (Å²) in [6, 6.07) is 6.01. The summed E-state index contributed by atoms with van der Waals surface area (Å²) in [5.74, 6) is -1.23. The maximum atomic E-state index is 12.0. The number of aromatic hydroxyl groups is 1. The molecular formula is C13H15NO4. The summed E-state index contributed by atoms with van der Waals surface area (Å²) >= 11 is 0. The van der Waals surface area contributed by atoms with Gasteiger partial charge >= 0.3 is 5.97 Å². The number of phenolic OH excluding ortho intramolecular Hbond substituents is 1. The zero-order chi connectivity index (χ0) is 13.2. The minimum Gasteiger partial charge on any atom is -0.508 e. The Morgan fingerprint density at radius 1 is 1.33 bits per heavy atom. The number of nitrogens with one attached hydrogen (secondary N) is 1. The van der Waals surface area contributed by atoms with E-state index >= 15 is 0 Å². The number of hydrogen-bond acceptors (Lipinski definition) is 3. The molecule has 1 fully saturated rings. The number of hydrogen-bond donors (Lipinski definition) is 3. The Balaban J connectivity index is 2.08. The van der Waals surface area contributed by atoms with E-state index in [9.17, 15) is 14.7 Å². The molecular weight excluding hydrogens is 234 g/mol. The van der Waals surface area contributed by atoms with Gasteiger partial charge in [-0.05, 0) is 37.5 Å². The van der Waals surface area contributed by atoms with E-state index in [0.29, 0.717) is 18.4 Å². The molecule has 1 saturated carbocycles. The van der Waals surface area contributed by atoms with Gasteiger partial charge in [0.1, 0.15) is 5.75 Å². The number of carbonyl (C=O) groups excluding carboxylic acids is 1. The first-order valence-corrected chi connectivity index (χ1v) is 5.84. The molecule has 0 bridgehead atoms. The molecule has 5 nitrogen and oxygen atoms in total. The summed E-state index contributed by atoms with van der Waals surface area (Å²) in [6.45, 7) is 0. The van der Waals surface area contributed by atoms with Crippen LogP contribution in [0.25, 0.3) is 0 Å². The fraction of sp³-hybridized carbons (Fsp3) is 0.385. The van der Waals surface area contributed by atoms with E-state index in [-0.39, 0.29) is 18.1 Å². The highest BCUT2D eigenvalue weighted by molar-refractivity contribution is 5.95. The van der Waals surface area contributed by atoms with Crippen molar-refractivity contribution in [2.24, 2.45) is 0 Å². The van der Waals surface area contributed by atoms with Crippen LogP contribution in [0.15, 0.2) is 24.3 Å². The van der Waals surface area contributed by atoms with Gasteiger partial charge in [-0.2, -0.15) is 0 Å². The zero-order valence-electron chi connectivity index (χ0n) is 9.85. The third kappa shape index (κ3) is 2.61. The van der Waals surface area contributed by atoms with E-state index in [1.807, 2.05) is 0 Å². The van der Waals surface area contributed by atoms with Crippen LogP contribution in [-0.2, 0) is 4.79 Å². The summed E-state index contributed by atoms with van der Waals surface area (Å²) < 4.78 is 0. The molecule has 2 rings (SSSR count). The van der Waals surface area contributed by atoms with Gasteiger partial charge in [-0.1, -0.05) is 6.07 Å². The minimum absolute atomic E-state index is 0.0172. The largest absolute Gasteiger partial charge is 0.508 e. The van der Waals surface area contributed by atoms with Crippen LogP contribution in [0.2, 0.25) is 0 Å². The molecule has 1 aromatic rings. The highest BCUT2D eigenvalue weighted by Crippen LogP contribution is 2.35. The van der Waals surface area contributed by atoms with Crippen molar-refractivity contribution in [3.8, 4) is 5.75 Å². The third-order valence-electron chi connectivity index (χ3n) is 3.29. The van der Waals surface area contributed by atoms with Gasteiger partial charge in [0.05, 0.1) is 12.0 Å². The van der Waals surface area contributed by atoms with Gasteiger partial charge in [-0.15, -0.1) is 0 Å². The molecule has 0 unspecified atom stereocenters. The zero-order valence-corrected chi connectivity index (χ0v) is 9.85. The summed E-state index contributed by atoms with van der Waals surface area (Å²) in [5.41, 5.74) is -0.277. The second-order valence-corrected chi connectivity index (χ2v) is 4.71. The second-order valence-electron chi connectivity index (χ2n) is 4.71. The molecule has 0 heterocycles. The Labute approximate surface area is 104 Å². The molecule has 3 N–H and O–H groups in total. The molecule has 5 heteroatoms. The predicted molar refractivity (Wildman–Crippen MR) is 64.4 cm³/mol. The topological polar surface area (TPSA) is 86.6 Å². The maximum absolute atomic E-state index is 12.0. The monoisotopic (exact) mass is 249 g/mol. The van der Waals surface area contributed by atoms with Crippen LogP contribution in [0.3, 0.4) is 0 Å². The Morgan fingerprint density at radius 3 is 2.56 bits per heavy atom. The molecule has 1 aliphatic rings. The fourth-order valence-corrected chi connectivity index (χ4v) is 2.20. The lowest BCUT2D eigenvalue weighted by molar-refractivity contribution is -0.139. The molecule has 1 aliphatic carbocycles. The lowest BCUT2D eigenvalue weighted by Gasteiger charge is -2.41. The van der Waals surface area contributed by atoms with Crippen molar-refractivity contribution in [3.63, 3.8) is 0 Å². The lowest BCUT2D eigenvalue weighted by Crippen LogP contribution is -2.54. The standard InChI is InChI=1S/C13H15NO4/c15-10-4-1-3-9(7-10)12(18)14-13(5-2-6-13)8-11(16)17/h1,3-4,7,15H,2,5-6,8H2,(H,14,18)(H,16,17). The molecule has 0 radical (unpaired) electrons. The normalized spacial score (nSPS) is 16.7. The number of rotatable bonds is 4. The van der Waals surface area contributed by atoms with Crippen molar-refractivity contribution in [2.45, 2.75) is 31.2 Å². The quantitative estimate of drug-likeness (QED) is 0.755. The van der Waals surface area contributed by atoms with Gasteiger partial charge in [-0.25, -0.2) is 0 Å². The summed E-state index contributed by atoms with van der Waals surface area (Å²) in [7, 11) is 0. The summed E-state index contributed by atoms with van der Waals surface area (Å²) in [5, 5.41) is 20.9. The second kappa shape index (κ2) is 4.68. The van der Waals surface area contributed by atoms with E-state index in [1.54, 1.807) is 12.1 Å². The Morgan fingerprint density at radius 2 is 2.06 bits per heavy atom. The first kappa shape index (κ1) is 12.4. The molecule has 1 amide bonds. The lowest BCUT2D eigenvalue weighted by atomic mass is 9.74. The summed E-state index contributed by atoms with van der Waals surface area (Å²) in [4.78, 5) is 22.8. The SMILES string of the molecule is O=C(O)CC1(NC(=O)c2cccc(O)c2)CCC1. The van der Waals surface area contributed by atoms with Gasteiger partial charge < -0.3 is 15.5 Å². The molecule has 0 spiro atoms. The van der Waals surface area contributed by atoms with E-state index in [4.69, 9.17) is 5.11 Å². The molecule has 0 aromatic heterocycles. The van der Waals surface area contributed by atoms with E-state index in [0.717, 1.165) is 6.42 Å². The van der Waals surface area contributed by atoms with Crippen molar-refractivity contribution in [3.05, 3.63) is 29.8 Å². The van der Waals surface area contributed by atoms with Crippen molar-refractivity contribution < 1.29 is 19.8 Å². The number of carboxylic acids is 1.